The van der Waals surface area contributed by atoms with E-state index in [0.29, 0.717) is 11.8 Å². The van der Waals surface area contributed by atoms with Gasteiger partial charge in [-0.05, 0) is 77.0 Å². The average Bonchev–Trinajstić information content (AvgIpc) is 2.52. The van der Waals surface area contributed by atoms with Crippen LogP contribution in [0, 0.1) is 5.92 Å². The van der Waals surface area contributed by atoms with Gasteiger partial charge in [-0.1, -0.05) is 48.0 Å². The number of hydrogen-bond donors (Lipinski definition) is 1. The summed E-state index contributed by atoms with van der Waals surface area (Å²) in [4.78, 5) is 0. The van der Waals surface area contributed by atoms with Crippen molar-refractivity contribution < 1.29 is 0 Å². The van der Waals surface area contributed by atoms with Crippen molar-refractivity contribution in [3.8, 4) is 0 Å². The zero-order chi connectivity index (χ0) is 14.7. The number of rotatable bonds is 3. The first-order valence-corrected chi connectivity index (χ1v) is 8.61. The van der Waals surface area contributed by atoms with Crippen molar-refractivity contribution in [1.82, 2.24) is 5.32 Å². The summed E-state index contributed by atoms with van der Waals surface area (Å²) in [5, 5.41) is 4.33. The van der Waals surface area contributed by atoms with Crippen LogP contribution in [0.5, 0.6) is 0 Å². The molecule has 3 heteroatoms. The number of piperidine rings is 1. The summed E-state index contributed by atoms with van der Waals surface area (Å²) in [6, 6.07) is 17.2. The van der Waals surface area contributed by atoms with Gasteiger partial charge in [0, 0.05) is 4.47 Å². The molecule has 1 N–H and O–H groups in total. The lowest BCUT2D eigenvalue weighted by atomic mass is 9.78. The van der Waals surface area contributed by atoms with E-state index in [1.807, 2.05) is 6.07 Å². The molecular formula is C18H19BrClN. The Kier molecular flexibility index (Phi) is 4.99. The van der Waals surface area contributed by atoms with Crippen LogP contribution in [0.1, 0.15) is 23.5 Å². The van der Waals surface area contributed by atoms with Crippen molar-refractivity contribution in [3.05, 3.63) is 69.2 Å². The van der Waals surface area contributed by atoms with E-state index in [4.69, 9.17) is 11.6 Å². The highest BCUT2D eigenvalue weighted by Crippen LogP contribution is 2.35. The average molecular weight is 365 g/mol. The third-order valence-corrected chi connectivity index (χ3v) is 5.53. The van der Waals surface area contributed by atoms with E-state index in [9.17, 15) is 0 Å². The Morgan fingerprint density at radius 2 is 1.95 bits per heavy atom. The maximum absolute atomic E-state index is 6.13. The van der Waals surface area contributed by atoms with Gasteiger partial charge in [0.05, 0.1) is 5.02 Å². The van der Waals surface area contributed by atoms with Gasteiger partial charge in [-0.25, -0.2) is 0 Å². The molecule has 1 heterocycles. The molecule has 2 aromatic carbocycles. The Morgan fingerprint density at radius 3 is 2.71 bits per heavy atom. The molecule has 21 heavy (non-hydrogen) atoms. The summed E-state index contributed by atoms with van der Waals surface area (Å²) in [5.74, 6) is 1.23. The summed E-state index contributed by atoms with van der Waals surface area (Å²) in [6.45, 7) is 2.18. The third-order valence-electron chi connectivity index (χ3n) is 4.32. The monoisotopic (exact) mass is 363 g/mol. The van der Waals surface area contributed by atoms with E-state index in [1.54, 1.807) is 0 Å². The lowest BCUT2D eigenvalue weighted by Crippen LogP contribution is -2.36. The zero-order valence-electron chi connectivity index (χ0n) is 11.9. The highest BCUT2D eigenvalue weighted by Gasteiger charge is 2.26. The SMILES string of the molecule is Clc1ccc(C2CCNCC2Cc2ccccc2)cc1Br. The largest absolute Gasteiger partial charge is 0.316 e. The standard InChI is InChI=1S/C18H19BrClN/c19-17-11-14(6-7-18(17)20)16-8-9-21-12-15(16)10-13-4-2-1-3-5-13/h1-7,11,15-16,21H,8-10,12H2. The molecule has 2 atom stereocenters. The van der Waals surface area contributed by atoms with Crippen LogP contribution in [0.15, 0.2) is 53.0 Å². The van der Waals surface area contributed by atoms with E-state index in [2.05, 4.69) is 63.7 Å². The second-order valence-corrected chi connectivity index (χ2v) is 6.98. The second-order valence-electron chi connectivity index (χ2n) is 5.72. The molecule has 0 bridgehead atoms. The van der Waals surface area contributed by atoms with Crippen LogP contribution >= 0.6 is 27.5 Å². The first kappa shape index (κ1) is 15.1. The van der Waals surface area contributed by atoms with Crippen LogP contribution in [0.2, 0.25) is 5.02 Å². The normalized spacial score (nSPS) is 22.2. The molecular weight excluding hydrogens is 346 g/mol. The maximum Gasteiger partial charge on any atom is 0.0548 e. The van der Waals surface area contributed by atoms with Crippen LogP contribution in [0.25, 0.3) is 0 Å². The molecule has 2 aromatic rings. The molecule has 0 radical (unpaired) electrons. The topological polar surface area (TPSA) is 12.0 Å². The lowest BCUT2D eigenvalue weighted by molar-refractivity contribution is 0.324. The highest BCUT2D eigenvalue weighted by atomic mass is 79.9. The van der Waals surface area contributed by atoms with Gasteiger partial charge in [0.15, 0.2) is 0 Å². The van der Waals surface area contributed by atoms with Gasteiger partial charge in [0.1, 0.15) is 0 Å². The lowest BCUT2D eigenvalue weighted by Gasteiger charge is -2.33. The van der Waals surface area contributed by atoms with Gasteiger partial charge in [-0.2, -0.15) is 0 Å². The van der Waals surface area contributed by atoms with Gasteiger partial charge >= 0.3 is 0 Å². The zero-order valence-corrected chi connectivity index (χ0v) is 14.2. The van der Waals surface area contributed by atoms with Gasteiger partial charge in [0.25, 0.3) is 0 Å². The molecule has 1 fully saturated rings. The van der Waals surface area contributed by atoms with E-state index in [1.165, 1.54) is 17.5 Å². The quantitative estimate of drug-likeness (QED) is 0.804. The Bertz CT molecular complexity index is 599. The van der Waals surface area contributed by atoms with E-state index >= 15 is 0 Å². The molecule has 0 aliphatic carbocycles. The fourth-order valence-corrected chi connectivity index (χ4v) is 3.75. The molecule has 1 aliphatic rings. The summed E-state index contributed by atoms with van der Waals surface area (Å²) in [6.07, 6.45) is 2.31. The Labute approximate surface area is 139 Å². The van der Waals surface area contributed by atoms with Gasteiger partial charge in [-0.3, -0.25) is 0 Å². The second kappa shape index (κ2) is 6.95. The molecule has 3 rings (SSSR count). The molecule has 0 amide bonds. The van der Waals surface area contributed by atoms with Crippen LogP contribution in [0.4, 0.5) is 0 Å². The first-order valence-electron chi connectivity index (χ1n) is 7.43. The third kappa shape index (κ3) is 3.68. The minimum absolute atomic E-state index is 0.597. The number of benzene rings is 2. The summed E-state index contributed by atoms with van der Waals surface area (Å²) in [5.41, 5.74) is 2.82. The van der Waals surface area contributed by atoms with Crippen LogP contribution in [-0.2, 0) is 6.42 Å². The fourth-order valence-electron chi connectivity index (χ4n) is 3.24. The molecule has 0 saturated carbocycles. The molecule has 1 aliphatic heterocycles. The van der Waals surface area contributed by atoms with Crippen molar-refractivity contribution in [3.63, 3.8) is 0 Å². The summed E-state index contributed by atoms with van der Waals surface area (Å²) in [7, 11) is 0. The summed E-state index contributed by atoms with van der Waals surface area (Å²) >= 11 is 9.68. The van der Waals surface area contributed by atoms with Gasteiger partial charge in [0.2, 0.25) is 0 Å². The van der Waals surface area contributed by atoms with Gasteiger partial charge in [-0.15, -0.1) is 0 Å². The molecule has 1 saturated heterocycles. The molecule has 1 nitrogen and oxygen atoms in total. The van der Waals surface area contributed by atoms with Crippen LogP contribution < -0.4 is 5.32 Å². The fraction of sp³-hybridized carbons (Fsp3) is 0.333. The van der Waals surface area contributed by atoms with Crippen molar-refractivity contribution in [2.24, 2.45) is 5.92 Å². The molecule has 0 aromatic heterocycles. The predicted octanol–water partition coefficient (Wildman–Crippen LogP) is 5.04. The number of halogens is 2. The van der Waals surface area contributed by atoms with Crippen molar-refractivity contribution >= 4 is 27.5 Å². The van der Waals surface area contributed by atoms with Crippen LogP contribution in [0.3, 0.4) is 0 Å². The molecule has 0 spiro atoms. The van der Waals surface area contributed by atoms with E-state index in [0.717, 1.165) is 29.0 Å². The minimum atomic E-state index is 0.597. The van der Waals surface area contributed by atoms with Crippen molar-refractivity contribution in [2.45, 2.75) is 18.8 Å². The maximum atomic E-state index is 6.13. The van der Waals surface area contributed by atoms with Crippen LogP contribution in [-0.4, -0.2) is 13.1 Å². The number of hydrogen-bond acceptors (Lipinski definition) is 1. The predicted molar refractivity (Wildman–Crippen MR) is 93.0 cm³/mol. The van der Waals surface area contributed by atoms with Crippen molar-refractivity contribution in [2.75, 3.05) is 13.1 Å². The highest BCUT2D eigenvalue weighted by molar-refractivity contribution is 9.10. The van der Waals surface area contributed by atoms with E-state index < -0.39 is 0 Å². The Balaban J connectivity index is 1.82. The molecule has 110 valence electrons. The molecule has 2 unspecified atom stereocenters. The summed E-state index contributed by atoms with van der Waals surface area (Å²) < 4.78 is 0.999. The van der Waals surface area contributed by atoms with E-state index in [-0.39, 0.29) is 0 Å². The Morgan fingerprint density at radius 1 is 1.14 bits per heavy atom. The first-order chi connectivity index (χ1) is 10.2. The number of nitrogens with one attached hydrogen (secondary N) is 1. The van der Waals surface area contributed by atoms with Crippen molar-refractivity contribution in [1.29, 1.82) is 0 Å². The van der Waals surface area contributed by atoms with Gasteiger partial charge < -0.3 is 5.32 Å². The smallest absolute Gasteiger partial charge is 0.0548 e. The minimum Gasteiger partial charge on any atom is -0.316 e. The Hall–Kier alpha value is -0.830.